The van der Waals surface area contributed by atoms with Crippen molar-refractivity contribution in [2.75, 3.05) is 0 Å². The molecule has 0 fully saturated rings. The van der Waals surface area contributed by atoms with E-state index in [0.29, 0.717) is 11.1 Å². The van der Waals surface area contributed by atoms with Crippen molar-refractivity contribution in [3.63, 3.8) is 0 Å². The number of aliphatic hydroxyl groups excluding tert-OH is 1. The number of aliphatic hydroxyl groups is 1. The Morgan fingerprint density at radius 3 is 2.60 bits per heavy atom. The van der Waals surface area contributed by atoms with Gasteiger partial charge < -0.3 is 9.84 Å². The van der Waals surface area contributed by atoms with Crippen molar-refractivity contribution in [3.05, 3.63) is 64.2 Å². The SMILES string of the molecule is O[C@@H]1CC(c2ccc(Cl)cc2F)Oc2cc(F)ccc21. The summed E-state index contributed by atoms with van der Waals surface area (Å²) >= 11 is 5.71. The molecule has 2 nitrogen and oxygen atoms in total. The van der Waals surface area contributed by atoms with Gasteiger partial charge in [0, 0.05) is 28.6 Å². The molecule has 0 amide bonds. The van der Waals surface area contributed by atoms with E-state index in [1.165, 1.54) is 30.3 Å². The second kappa shape index (κ2) is 5.04. The average molecular weight is 297 g/mol. The van der Waals surface area contributed by atoms with Crippen molar-refractivity contribution in [1.29, 1.82) is 0 Å². The van der Waals surface area contributed by atoms with Crippen LogP contribution >= 0.6 is 11.6 Å². The van der Waals surface area contributed by atoms with Crippen molar-refractivity contribution in [2.45, 2.75) is 18.6 Å². The molecule has 5 heteroatoms. The number of benzene rings is 2. The monoisotopic (exact) mass is 296 g/mol. The molecule has 104 valence electrons. The zero-order chi connectivity index (χ0) is 14.3. The lowest BCUT2D eigenvalue weighted by atomic mass is 9.95. The third-order valence-corrected chi connectivity index (χ3v) is 3.59. The minimum atomic E-state index is -0.820. The Morgan fingerprint density at radius 1 is 1.10 bits per heavy atom. The van der Waals surface area contributed by atoms with Crippen LogP contribution < -0.4 is 4.74 Å². The average Bonchev–Trinajstić information content (AvgIpc) is 2.37. The third-order valence-electron chi connectivity index (χ3n) is 3.35. The van der Waals surface area contributed by atoms with E-state index in [1.54, 1.807) is 6.07 Å². The maximum Gasteiger partial charge on any atom is 0.131 e. The third kappa shape index (κ3) is 2.37. The Kier molecular flexibility index (Phi) is 3.36. The lowest BCUT2D eigenvalue weighted by Gasteiger charge is -2.30. The second-order valence-electron chi connectivity index (χ2n) is 4.71. The topological polar surface area (TPSA) is 29.5 Å². The lowest BCUT2D eigenvalue weighted by Crippen LogP contribution is -2.20. The summed E-state index contributed by atoms with van der Waals surface area (Å²) in [5.74, 6) is -0.731. The molecule has 0 saturated carbocycles. The van der Waals surface area contributed by atoms with Gasteiger partial charge in [-0.3, -0.25) is 0 Å². The van der Waals surface area contributed by atoms with Gasteiger partial charge in [-0.1, -0.05) is 17.7 Å². The molecule has 1 aliphatic heterocycles. The molecular formula is C15H11ClF2O2. The van der Waals surface area contributed by atoms with Gasteiger partial charge in [-0.15, -0.1) is 0 Å². The Labute approximate surface area is 119 Å². The highest BCUT2D eigenvalue weighted by molar-refractivity contribution is 6.30. The van der Waals surface area contributed by atoms with E-state index in [2.05, 4.69) is 0 Å². The van der Waals surface area contributed by atoms with Crippen LogP contribution in [0.1, 0.15) is 29.8 Å². The van der Waals surface area contributed by atoms with Crippen LogP contribution in [-0.4, -0.2) is 5.11 Å². The first-order chi connectivity index (χ1) is 9.54. The fraction of sp³-hybridized carbons (Fsp3) is 0.200. The van der Waals surface area contributed by atoms with Crippen LogP contribution in [0, 0.1) is 11.6 Å². The number of hydrogen-bond acceptors (Lipinski definition) is 2. The summed E-state index contributed by atoms with van der Waals surface area (Å²) in [7, 11) is 0. The Balaban J connectivity index is 1.98. The maximum absolute atomic E-state index is 13.9. The molecule has 1 unspecified atom stereocenters. The summed E-state index contributed by atoms with van der Waals surface area (Å²) < 4.78 is 32.7. The molecule has 3 rings (SSSR count). The zero-order valence-corrected chi connectivity index (χ0v) is 11.1. The smallest absolute Gasteiger partial charge is 0.131 e. The molecule has 20 heavy (non-hydrogen) atoms. The predicted octanol–water partition coefficient (Wildman–Crippen LogP) is 4.18. The van der Waals surface area contributed by atoms with E-state index in [9.17, 15) is 13.9 Å². The van der Waals surface area contributed by atoms with Gasteiger partial charge in [0.15, 0.2) is 0 Å². The maximum atomic E-state index is 13.9. The first-order valence-corrected chi connectivity index (χ1v) is 6.51. The first kappa shape index (κ1) is 13.3. The first-order valence-electron chi connectivity index (χ1n) is 6.13. The van der Waals surface area contributed by atoms with E-state index in [-0.39, 0.29) is 17.2 Å². The van der Waals surface area contributed by atoms with Crippen LogP contribution in [0.2, 0.25) is 5.02 Å². The molecule has 2 aromatic rings. The normalized spacial score (nSPS) is 21.2. The molecule has 2 aromatic carbocycles. The molecular weight excluding hydrogens is 286 g/mol. The molecule has 0 aromatic heterocycles. The minimum Gasteiger partial charge on any atom is -0.485 e. The lowest BCUT2D eigenvalue weighted by molar-refractivity contribution is 0.0637. The van der Waals surface area contributed by atoms with Gasteiger partial charge >= 0.3 is 0 Å². The zero-order valence-electron chi connectivity index (χ0n) is 10.3. The van der Waals surface area contributed by atoms with E-state index >= 15 is 0 Å². The summed E-state index contributed by atoms with van der Waals surface area (Å²) in [6.45, 7) is 0. The van der Waals surface area contributed by atoms with Gasteiger partial charge in [0.1, 0.15) is 23.5 Å². The number of rotatable bonds is 1. The van der Waals surface area contributed by atoms with E-state index in [1.807, 2.05) is 0 Å². The molecule has 0 bridgehead atoms. The van der Waals surface area contributed by atoms with Gasteiger partial charge in [0.2, 0.25) is 0 Å². The molecule has 1 heterocycles. The fourth-order valence-corrected chi connectivity index (χ4v) is 2.53. The Morgan fingerprint density at radius 2 is 1.85 bits per heavy atom. The molecule has 1 N–H and O–H groups in total. The molecule has 0 spiro atoms. The Hall–Kier alpha value is -1.65. The van der Waals surface area contributed by atoms with Gasteiger partial charge in [-0.05, 0) is 24.3 Å². The van der Waals surface area contributed by atoms with Crippen molar-refractivity contribution in [3.8, 4) is 5.75 Å². The summed E-state index contributed by atoms with van der Waals surface area (Å²) in [6, 6.07) is 8.18. The molecule has 2 atom stereocenters. The summed E-state index contributed by atoms with van der Waals surface area (Å²) in [5, 5.41) is 10.4. The highest BCUT2D eigenvalue weighted by Gasteiger charge is 2.29. The summed E-state index contributed by atoms with van der Waals surface area (Å²) in [6.07, 6.45) is -1.28. The van der Waals surface area contributed by atoms with Gasteiger partial charge in [0.05, 0.1) is 6.10 Å². The van der Waals surface area contributed by atoms with Crippen molar-refractivity contribution in [1.82, 2.24) is 0 Å². The van der Waals surface area contributed by atoms with Crippen LogP contribution in [-0.2, 0) is 0 Å². The van der Waals surface area contributed by atoms with Crippen LogP contribution in [0.4, 0.5) is 8.78 Å². The number of halogens is 3. The highest BCUT2D eigenvalue weighted by atomic mass is 35.5. The van der Waals surface area contributed by atoms with Crippen molar-refractivity contribution < 1.29 is 18.6 Å². The molecule has 0 aliphatic carbocycles. The van der Waals surface area contributed by atoms with Gasteiger partial charge in [0.25, 0.3) is 0 Å². The minimum absolute atomic E-state index is 0.206. The van der Waals surface area contributed by atoms with E-state index in [0.717, 1.165) is 0 Å². The van der Waals surface area contributed by atoms with Crippen LogP contribution in [0.5, 0.6) is 5.75 Å². The number of ether oxygens (including phenoxy) is 1. The molecule has 0 radical (unpaired) electrons. The number of fused-ring (bicyclic) bond motifs is 1. The fourth-order valence-electron chi connectivity index (χ4n) is 2.37. The Bertz CT molecular complexity index is 660. The molecule has 1 aliphatic rings. The summed E-state index contributed by atoms with van der Waals surface area (Å²) in [5.41, 5.74) is 0.806. The largest absolute Gasteiger partial charge is 0.485 e. The van der Waals surface area contributed by atoms with Gasteiger partial charge in [-0.2, -0.15) is 0 Å². The highest BCUT2D eigenvalue weighted by Crippen LogP contribution is 2.41. The quantitative estimate of drug-likeness (QED) is 0.855. The van der Waals surface area contributed by atoms with Crippen LogP contribution in [0.3, 0.4) is 0 Å². The van der Waals surface area contributed by atoms with Crippen molar-refractivity contribution in [2.24, 2.45) is 0 Å². The van der Waals surface area contributed by atoms with Crippen molar-refractivity contribution >= 4 is 11.6 Å². The van der Waals surface area contributed by atoms with Crippen LogP contribution in [0.25, 0.3) is 0 Å². The standard InChI is InChI=1S/C15H11ClF2O2/c16-8-1-3-10(12(18)5-8)15-7-13(19)11-4-2-9(17)6-14(11)20-15/h1-6,13,15,19H,7H2/t13-,15?/m1/s1. The predicted molar refractivity (Wildman–Crippen MR) is 70.8 cm³/mol. The van der Waals surface area contributed by atoms with Crippen LogP contribution in [0.15, 0.2) is 36.4 Å². The van der Waals surface area contributed by atoms with E-state index in [4.69, 9.17) is 16.3 Å². The second-order valence-corrected chi connectivity index (χ2v) is 5.14. The number of hydrogen-bond donors (Lipinski definition) is 1. The van der Waals surface area contributed by atoms with Gasteiger partial charge in [-0.25, -0.2) is 8.78 Å². The summed E-state index contributed by atoms with van der Waals surface area (Å²) in [4.78, 5) is 0. The van der Waals surface area contributed by atoms with E-state index < -0.39 is 23.8 Å². The molecule has 0 saturated heterocycles.